The molecule has 10 aromatic rings. The molecular formula is C62H42F2N2O3. The Hall–Kier alpha value is -8.68. The van der Waals surface area contributed by atoms with Gasteiger partial charge in [0.05, 0.1) is 17.1 Å². The summed E-state index contributed by atoms with van der Waals surface area (Å²) in [7, 11) is 0. The van der Waals surface area contributed by atoms with Crippen molar-refractivity contribution in [2.45, 2.75) is 26.2 Å². The Labute approximate surface area is 398 Å². The molecule has 1 aliphatic carbocycles. The maximum absolute atomic E-state index is 16.0. The summed E-state index contributed by atoms with van der Waals surface area (Å²) in [6.07, 6.45) is 5.57. The van der Waals surface area contributed by atoms with Gasteiger partial charge in [-0.15, -0.1) is 0 Å². The minimum Gasteiger partial charge on any atom is -0.456 e. The molecule has 9 aromatic carbocycles. The highest BCUT2D eigenvalue weighted by molar-refractivity contribution is 6.14. The smallest absolute Gasteiger partial charge is 0.159 e. The van der Waals surface area contributed by atoms with Crippen molar-refractivity contribution in [1.29, 1.82) is 0 Å². The van der Waals surface area contributed by atoms with Crippen molar-refractivity contribution in [3.63, 3.8) is 0 Å². The van der Waals surface area contributed by atoms with E-state index in [0.717, 1.165) is 78.6 Å². The number of allylic oxidation sites excluding steroid dienone is 1. The average Bonchev–Trinajstić information content (AvgIpc) is 3.84. The van der Waals surface area contributed by atoms with E-state index in [1.807, 2.05) is 73.7 Å². The Morgan fingerprint density at radius 2 is 1.12 bits per heavy atom. The summed E-state index contributed by atoms with van der Waals surface area (Å²) in [5, 5.41) is 2.75. The lowest BCUT2D eigenvalue weighted by molar-refractivity contribution is 0.480. The van der Waals surface area contributed by atoms with Crippen molar-refractivity contribution < 1.29 is 22.7 Å². The average molecular weight is 901 g/mol. The van der Waals surface area contributed by atoms with Gasteiger partial charge in [0, 0.05) is 73.5 Å². The van der Waals surface area contributed by atoms with E-state index >= 15 is 4.39 Å². The fourth-order valence-corrected chi connectivity index (χ4v) is 10.9. The molecule has 13 rings (SSSR count). The molecule has 0 amide bonds. The zero-order chi connectivity index (χ0) is 46.7. The topological polar surface area (TPSA) is 38.1 Å². The third-order valence-electron chi connectivity index (χ3n) is 14.1. The monoisotopic (exact) mass is 900 g/mol. The van der Waals surface area contributed by atoms with Crippen molar-refractivity contribution in [2.24, 2.45) is 0 Å². The molecule has 7 heteroatoms. The third-order valence-corrected chi connectivity index (χ3v) is 14.1. The van der Waals surface area contributed by atoms with Crippen molar-refractivity contribution in [3.8, 4) is 56.4 Å². The van der Waals surface area contributed by atoms with E-state index in [0.29, 0.717) is 34.2 Å². The lowest BCUT2D eigenvalue weighted by Gasteiger charge is -2.31. The summed E-state index contributed by atoms with van der Waals surface area (Å²) in [6.45, 7) is 10.5. The molecule has 0 N–H and O–H groups in total. The first-order chi connectivity index (χ1) is 33.7. The molecular weight excluding hydrogens is 859 g/mol. The van der Waals surface area contributed by atoms with Crippen LogP contribution in [0.3, 0.4) is 0 Å². The largest absolute Gasteiger partial charge is 0.456 e. The molecule has 0 radical (unpaired) electrons. The fraction of sp³-hybridized carbons (Fsp3) is 0.0645. The predicted molar refractivity (Wildman–Crippen MR) is 276 cm³/mol. The molecule has 1 aromatic heterocycles. The van der Waals surface area contributed by atoms with Gasteiger partial charge in [-0.3, -0.25) is 0 Å². The Bertz CT molecular complexity index is 3850. The highest BCUT2D eigenvalue weighted by Crippen LogP contribution is 2.57. The Balaban J connectivity index is 0.904. The van der Waals surface area contributed by atoms with Crippen LogP contribution in [0.15, 0.2) is 187 Å². The molecule has 0 saturated carbocycles. The van der Waals surface area contributed by atoms with E-state index in [-0.39, 0.29) is 11.1 Å². The highest BCUT2D eigenvalue weighted by atomic mass is 19.1. The lowest BCUT2D eigenvalue weighted by Crippen LogP contribution is -2.16. The second kappa shape index (κ2) is 15.2. The standard InChI is InChI=1S/C62H42F2N2O3/c1-5-13-43-48-17-12-19-53(61(48)69-54(43)6-2)66(52-29-20-36(63)32-51(52)64)40-23-26-45-47-28-30-55-59-46(27-31-56(60(47)59)68-58(45)35-40)44-25-22-39(34-57(44)67-55)65(37-14-8-7-9-15-37)38-21-24-42-41-16-10-11-18-49(41)62(3,4)50(42)33-38/h5-35H,2H2,1,3-4H3/b13-5-. The molecule has 3 aliphatic rings. The minimum atomic E-state index is -0.724. The Kier molecular flexibility index (Phi) is 8.92. The second-order valence-corrected chi connectivity index (χ2v) is 18.3. The maximum atomic E-state index is 16.0. The SMILES string of the molecule is C=Cc1oc2c(N(c3ccc4c(c3)Oc3ccc5c6c(ccc-4c36)Oc3cc(N(c4ccccc4)c4ccc6c(c4)C(C)(C)c4ccccc4-6)ccc3-5)c3ccc(F)cc3F)cccc2c1/C=C\C. The summed E-state index contributed by atoms with van der Waals surface area (Å²) >= 11 is 0. The zero-order valence-electron chi connectivity index (χ0n) is 38.0. The minimum absolute atomic E-state index is 0.148. The van der Waals surface area contributed by atoms with Crippen LogP contribution < -0.4 is 19.3 Å². The number of para-hydroxylation sites is 2. The van der Waals surface area contributed by atoms with Crippen LogP contribution in [0.25, 0.3) is 67.3 Å². The molecule has 0 spiro atoms. The summed E-state index contributed by atoms with van der Waals surface area (Å²) in [6, 6.07) is 55.9. The van der Waals surface area contributed by atoms with Gasteiger partial charge in [0.2, 0.25) is 0 Å². The molecule has 5 nitrogen and oxygen atoms in total. The van der Waals surface area contributed by atoms with Gasteiger partial charge in [-0.05, 0) is 137 Å². The number of ether oxygens (including phenoxy) is 2. The molecule has 3 heterocycles. The van der Waals surface area contributed by atoms with E-state index in [1.165, 1.54) is 34.4 Å². The predicted octanol–water partition coefficient (Wildman–Crippen LogP) is 18.3. The van der Waals surface area contributed by atoms with Gasteiger partial charge in [-0.1, -0.05) is 93.2 Å². The summed E-state index contributed by atoms with van der Waals surface area (Å²) in [5.74, 6) is 1.96. The van der Waals surface area contributed by atoms with Gasteiger partial charge in [-0.25, -0.2) is 8.78 Å². The Morgan fingerprint density at radius 1 is 0.507 bits per heavy atom. The molecule has 0 atom stereocenters. The fourth-order valence-electron chi connectivity index (χ4n) is 10.9. The van der Waals surface area contributed by atoms with E-state index in [2.05, 4.69) is 122 Å². The number of nitrogens with zero attached hydrogens (tertiary/aromatic N) is 2. The number of benzene rings is 9. The second-order valence-electron chi connectivity index (χ2n) is 18.3. The first-order valence-corrected chi connectivity index (χ1v) is 23.1. The molecule has 0 unspecified atom stereocenters. The number of rotatable bonds is 8. The number of hydrogen-bond donors (Lipinski definition) is 0. The first-order valence-electron chi connectivity index (χ1n) is 23.1. The first kappa shape index (κ1) is 40.6. The van der Waals surface area contributed by atoms with Gasteiger partial charge in [-0.2, -0.15) is 0 Å². The van der Waals surface area contributed by atoms with Crippen LogP contribution in [-0.2, 0) is 5.41 Å². The van der Waals surface area contributed by atoms with Gasteiger partial charge in [0.25, 0.3) is 0 Å². The molecule has 2 aliphatic heterocycles. The molecule has 0 bridgehead atoms. The number of furan rings is 1. The zero-order valence-corrected chi connectivity index (χ0v) is 38.0. The lowest BCUT2D eigenvalue weighted by atomic mass is 9.82. The van der Waals surface area contributed by atoms with E-state index in [4.69, 9.17) is 13.9 Å². The summed E-state index contributed by atoms with van der Waals surface area (Å²) in [4.78, 5) is 4.05. The highest BCUT2D eigenvalue weighted by Gasteiger charge is 2.36. The van der Waals surface area contributed by atoms with Crippen LogP contribution in [0.5, 0.6) is 23.0 Å². The van der Waals surface area contributed by atoms with Crippen LogP contribution in [-0.4, -0.2) is 0 Å². The van der Waals surface area contributed by atoms with E-state index in [9.17, 15) is 4.39 Å². The van der Waals surface area contributed by atoms with Crippen molar-refractivity contribution in [2.75, 3.05) is 9.80 Å². The van der Waals surface area contributed by atoms with E-state index in [1.54, 1.807) is 11.0 Å². The van der Waals surface area contributed by atoms with Crippen LogP contribution >= 0.6 is 0 Å². The van der Waals surface area contributed by atoms with E-state index < -0.39 is 11.6 Å². The number of anilines is 6. The normalized spacial score (nSPS) is 13.3. The van der Waals surface area contributed by atoms with Crippen molar-refractivity contribution >= 4 is 68.0 Å². The van der Waals surface area contributed by atoms with Crippen LogP contribution in [0.1, 0.15) is 43.2 Å². The quantitative estimate of drug-likeness (QED) is 0.152. The van der Waals surface area contributed by atoms with Crippen molar-refractivity contribution in [1.82, 2.24) is 0 Å². The van der Waals surface area contributed by atoms with Gasteiger partial charge >= 0.3 is 0 Å². The maximum Gasteiger partial charge on any atom is 0.159 e. The summed E-state index contributed by atoms with van der Waals surface area (Å²) in [5.41, 5.74) is 14.7. The summed E-state index contributed by atoms with van der Waals surface area (Å²) < 4.78 is 50.6. The Morgan fingerprint density at radius 3 is 1.78 bits per heavy atom. The van der Waals surface area contributed by atoms with Crippen LogP contribution in [0.2, 0.25) is 0 Å². The molecule has 0 saturated heterocycles. The molecule has 332 valence electrons. The number of fused-ring (bicyclic) bond motifs is 8. The van der Waals surface area contributed by atoms with Gasteiger partial charge in [0.1, 0.15) is 40.4 Å². The van der Waals surface area contributed by atoms with Crippen molar-refractivity contribution in [3.05, 3.63) is 217 Å². The number of hydrogen-bond acceptors (Lipinski definition) is 5. The third kappa shape index (κ3) is 6.06. The van der Waals surface area contributed by atoms with Crippen LogP contribution in [0.4, 0.5) is 42.9 Å². The van der Waals surface area contributed by atoms with Gasteiger partial charge < -0.3 is 23.7 Å². The number of halogens is 2. The van der Waals surface area contributed by atoms with Crippen LogP contribution in [0, 0.1) is 11.6 Å². The van der Waals surface area contributed by atoms with Gasteiger partial charge in [0.15, 0.2) is 5.58 Å². The molecule has 69 heavy (non-hydrogen) atoms. The molecule has 0 fully saturated rings.